The van der Waals surface area contributed by atoms with Crippen LogP contribution in [-0.2, 0) is 27.9 Å². The molecule has 9 heteroatoms. The molecule has 0 aromatic rings. The summed E-state index contributed by atoms with van der Waals surface area (Å²) < 4.78 is 33.1. The maximum atomic E-state index is 12.3. The van der Waals surface area contributed by atoms with Crippen molar-refractivity contribution in [3.63, 3.8) is 0 Å². The van der Waals surface area contributed by atoms with E-state index in [9.17, 15) is 14.3 Å². The third-order valence-electron chi connectivity index (χ3n) is 8.21. The molecule has 278 valence electrons. The third-order valence-corrected chi connectivity index (χ3v) is 9.19. The number of phosphoric ester groups is 1. The van der Waals surface area contributed by atoms with Crippen LogP contribution in [0.2, 0.25) is 0 Å². The van der Waals surface area contributed by atoms with Crippen LogP contribution in [0.4, 0.5) is 0 Å². The molecule has 0 aromatic heterocycles. The second-order valence-electron chi connectivity index (χ2n) is 12.9. The van der Waals surface area contributed by atoms with E-state index in [2.05, 4.69) is 26.0 Å². The lowest BCUT2D eigenvalue weighted by atomic mass is 10.0. The highest BCUT2D eigenvalue weighted by Gasteiger charge is 2.24. The van der Waals surface area contributed by atoms with Gasteiger partial charge in [-0.05, 0) is 51.0 Å². The van der Waals surface area contributed by atoms with Crippen LogP contribution in [0.15, 0.2) is 24.5 Å². The number of ether oxygens (including phenoxy) is 2. The number of allylic oxidation sites excluding steroid dienone is 3. The van der Waals surface area contributed by atoms with Gasteiger partial charge in [-0.1, -0.05) is 142 Å². The lowest BCUT2D eigenvalue weighted by Crippen LogP contribution is -2.25. The third kappa shape index (κ3) is 35.9. The number of carbonyl (C=O) groups excluding carboxylic acids is 1. The first-order valence-electron chi connectivity index (χ1n) is 19.4. The monoisotopic (exact) mass is 688 g/mol. The number of rotatable bonds is 37. The minimum absolute atomic E-state index is 0.0648. The highest BCUT2D eigenvalue weighted by molar-refractivity contribution is 7.47. The number of hydrogen-bond acceptors (Lipinski definition) is 7. The van der Waals surface area contributed by atoms with Crippen LogP contribution in [0.25, 0.3) is 0 Å². The van der Waals surface area contributed by atoms with E-state index in [0.29, 0.717) is 6.42 Å². The van der Waals surface area contributed by atoms with E-state index in [-0.39, 0.29) is 32.3 Å². The van der Waals surface area contributed by atoms with Gasteiger partial charge in [-0.3, -0.25) is 13.8 Å². The highest BCUT2D eigenvalue weighted by Crippen LogP contribution is 2.43. The van der Waals surface area contributed by atoms with Gasteiger partial charge in [-0.2, -0.15) is 0 Å². The molecule has 0 fully saturated rings. The van der Waals surface area contributed by atoms with Gasteiger partial charge >= 0.3 is 13.8 Å². The van der Waals surface area contributed by atoms with Gasteiger partial charge in [0.1, 0.15) is 6.61 Å². The van der Waals surface area contributed by atoms with Gasteiger partial charge < -0.3 is 20.1 Å². The second kappa shape index (κ2) is 36.1. The molecule has 0 aliphatic heterocycles. The van der Waals surface area contributed by atoms with Crippen molar-refractivity contribution >= 4 is 13.8 Å². The highest BCUT2D eigenvalue weighted by atomic mass is 31.2. The lowest BCUT2D eigenvalue weighted by Gasteiger charge is -2.19. The van der Waals surface area contributed by atoms with E-state index >= 15 is 0 Å². The van der Waals surface area contributed by atoms with Crippen molar-refractivity contribution in [2.24, 2.45) is 5.73 Å². The molecule has 47 heavy (non-hydrogen) atoms. The molecular formula is C38H74NO7P. The van der Waals surface area contributed by atoms with Gasteiger partial charge in [0.25, 0.3) is 0 Å². The Labute approximate surface area is 289 Å². The van der Waals surface area contributed by atoms with Gasteiger partial charge in [0.05, 0.1) is 19.5 Å². The van der Waals surface area contributed by atoms with Crippen LogP contribution < -0.4 is 5.73 Å². The van der Waals surface area contributed by atoms with E-state index in [1.807, 2.05) is 6.08 Å². The van der Waals surface area contributed by atoms with Crippen molar-refractivity contribution in [1.82, 2.24) is 0 Å². The Morgan fingerprint density at radius 2 is 1.09 bits per heavy atom. The number of nitrogens with two attached hydrogens (primary N) is 1. The summed E-state index contributed by atoms with van der Waals surface area (Å²) in [5.41, 5.74) is 5.35. The molecule has 0 amide bonds. The van der Waals surface area contributed by atoms with Crippen LogP contribution in [0, 0.1) is 0 Å². The average molecular weight is 688 g/mol. The predicted octanol–water partition coefficient (Wildman–Crippen LogP) is 11.3. The fourth-order valence-electron chi connectivity index (χ4n) is 5.27. The second-order valence-corrected chi connectivity index (χ2v) is 14.3. The maximum Gasteiger partial charge on any atom is 0.472 e. The molecule has 0 bridgehead atoms. The summed E-state index contributed by atoms with van der Waals surface area (Å²) in [7, 11) is -4.26. The Kier molecular flexibility index (Phi) is 35.2. The molecule has 8 nitrogen and oxygen atoms in total. The van der Waals surface area contributed by atoms with Gasteiger partial charge in [-0.25, -0.2) is 4.57 Å². The van der Waals surface area contributed by atoms with Crippen molar-refractivity contribution in [2.75, 3.05) is 26.4 Å². The number of carbonyl (C=O) groups is 1. The lowest BCUT2D eigenvalue weighted by molar-refractivity contribution is -0.147. The van der Waals surface area contributed by atoms with Crippen molar-refractivity contribution in [1.29, 1.82) is 0 Å². The first-order valence-corrected chi connectivity index (χ1v) is 20.9. The van der Waals surface area contributed by atoms with E-state index in [1.165, 1.54) is 116 Å². The van der Waals surface area contributed by atoms with Crippen molar-refractivity contribution in [3.8, 4) is 0 Å². The van der Waals surface area contributed by atoms with Gasteiger partial charge in [-0.15, -0.1) is 0 Å². The van der Waals surface area contributed by atoms with E-state index in [4.69, 9.17) is 24.3 Å². The summed E-state index contributed by atoms with van der Waals surface area (Å²) >= 11 is 0. The van der Waals surface area contributed by atoms with Gasteiger partial charge in [0.2, 0.25) is 0 Å². The van der Waals surface area contributed by atoms with Crippen molar-refractivity contribution in [3.05, 3.63) is 24.5 Å². The van der Waals surface area contributed by atoms with Gasteiger partial charge in [0.15, 0.2) is 6.10 Å². The fraction of sp³-hybridized carbons (Fsp3) is 0.868. The number of esters is 1. The summed E-state index contributed by atoms with van der Waals surface area (Å²) in [5, 5.41) is 0. The molecule has 0 aromatic carbocycles. The van der Waals surface area contributed by atoms with E-state index < -0.39 is 13.9 Å². The average Bonchev–Trinajstić information content (AvgIpc) is 3.06. The topological polar surface area (TPSA) is 117 Å². The molecule has 0 heterocycles. The molecular weight excluding hydrogens is 613 g/mol. The normalized spacial score (nSPS) is 13.8. The first kappa shape index (κ1) is 45.8. The number of phosphoric acid groups is 1. The Hall–Kier alpha value is -1.18. The number of unbranched alkanes of at least 4 members (excludes halogenated alkanes) is 22. The summed E-state index contributed by atoms with van der Waals surface area (Å²) in [5.74, 6) is -0.293. The zero-order valence-corrected chi connectivity index (χ0v) is 31.4. The summed E-state index contributed by atoms with van der Waals surface area (Å²) in [6.07, 6.45) is 38.6. The van der Waals surface area contributed by atoms with E-state index in [0.717, 1.165) is 44.9 Å². The zero-order valence-electron chi connectivity index (χ0n) is 30.5. The predicted molar refractivity (Wildman–Crippen MR) is 196 cm³/mol. The van der Waals surface area contributed by atoms with Gasteiger partial charge in [0, 0.05) is 13.0 Å². The standard InChI is InChI=1S/C38H74NO7P/c1-3-5-7-9-11-13-15-17-18-19-20-22-24-26-28-30-33-43-37(36-46-47(41,42)45-34-32-39)35-44-38(40)31-29-27-25-23-21-16-14-12-10-8-6-4-2/h17-18,30,33,37H,3-16,19-29,31-32,34-36,39H2,1-2H3,(H,41,42)/b18-17-,33-30-/t37-/m1/s1. The summed E-state index contributed by atoms with van der Waals surface area (Å²) in [6.45, 7) is 4.20. The van der Waals surface area contributed by atoms with Crippen molar-refractivity contribution < 1.29 is 32.8 Å². The first-order chi connectivity index (χ1) is 22.9. The maximum absolute atomic E-state index is 12.3. The molecule has 3 N–H and O–H groups in total. The fourth-order valence-corrected chi connectivity index (χ4v) is 6.03. The van der Waals surface area contributed by atoms with Crippen LogP contribution in [0.3, 0.4) is 0 Å². The molecule has 0 rings (SSSR count). The van der Waals surface area contributed by atoms with Crippen molar-refractivity contribution in [2.45, 2.75) is 187 Å². The molecule has 0 saturated heterocycles. The SMILES string of the molecule is CCCCCCCC/C=C\CCCCCC/C=C\O[C@H](COC(=O)CCCCCCCCCCCCCC)COP(=O)(O)OCCN. The zero-order chi connectivity index (χ0) is 34.5. The molecule has 0 saturated carbocycles. The largest absolute Gasteiger partial charge is 0.492 e. The van der Waals surface area contributed by atoms with Crippen LogP contribution >= 0.6 is 7.82 Å². The molecule has 0 spiro atoms. The molecule has 1 unspecified atom stereocenters. The quantitative estimate of drug-likeness (QED) is 0.0218. The molecule has 2 atom stereocenters. The van der Waals surface area contributed by atoms with E-state index in [1.54, 1.807) is 6.26 Å². The van der Waals surface area contributed by atoms with Crippen LogP contribution in [0.5, 0.6) is 0 Å². The van der Waals surface area contributed by atoms with Crippen LogP contribution in [0.1, 0.15) is 181 Å². The minimum atomic E-state index is -4.26. The smallest absolute Gasteiger partial charge is 0.472 e. The summed E-state index contributed by atoms with van der Waals surface area (Å²) in [4.78, 5) is 22.2. The van der Waals surface area contributed by atoms with Crippen LogP contribution in [-0.4, -0.2) is 43.3 Å². The Bertz CT molecular complexity index is 777. The minimum Gasteiger partial charge on any atom is -0.492 e. The molecule has 0 aliphatic carbocycles. The number of hydrogen-bond donors (Lipinski definition) is 2. The molecule has 0 radical (unpaired) electrons. The Balaban J connectivity index is 4.14. The molecule has 0 aliphatic rings. The Morgan fingerprint density at radius 1 is 0.638 bits per heavy atom. The Morgan fingerprint density at radius 3 is 1.57 bits per heavy atom. The summed E-state index contributed by atoms with van der Waals surface area (Å²) in [6, 6.07) is 0.